The fourth-order valence-corrected chi connectivity index (χ4v) is 5.18. The molecule has 0 saturated heterocycles. The van der Waals surface area contributed by atoms with E-state index in [0.29, 0.717) is 11.1 Å². The number of aliphatic carboxylic acids is 1. The van der Waals surface area contributed by atoms with E-state index in [2.05, 4.69) is 0 Å². The summed E-state index contributed by atoms with van der Waals surface area (Å²) in [6.45, 7) is 0.207. The van der Waals surface area contributed by atoms with Crippen molar-refractivity contribution in [2.24, 2.45) is 0 Å². The van der Waals surface area contributed by atoms with Crippen LogP contribution >= 0.6 is 11.6 Å². The number of pyridine rings is 1. The molecule has 9 heteroatoms. The highest BCUT2D eigenvalue weighted by Crippen LogP contribution is 2.44. The summed E-state index contributed by atoms with van der Waals surface area (Å²) in [5.74, 6) is -0.994. The molecule has 5 rings (SSSR count). The molecular formula is C29H22ClF3N2O3. The van der Waals surface area contributed by atoms with E-state index in [1.54, 1.807) is 4.90 Å². The number of rotatable bonds is 6. The number of hydrogen-bond acceptors (Lipinski definition) is 3. The molecule has 4 aromatic rings. The normalized spacial score (nSPS) is 14.9. The minimum absolute atomic E-state index is 0.0451. The van der Waals surface area contributed by atoms with E-state index in [4.69, 9.17) is 11.6 Å². The average molecular weight is 539 g/mol. The van der Waals surface area contributed by atoms with Gasteiger partial charge in [-0.15, -0.1) is 0 Å². The first-order valence-electron chi connectivity index (χ1n) is 11.8. The molecule has 0 spiro atoms. The van der Waals surface area contributed by atoms with Gasteiger partial charge in [-0.1, -0.05) is 84.4 Å². The maximum atomic E-state index is 13.7. The molecule has 1 aliphatic heterocycles. The topological polar surface area (TPSA) is 62.5 Å². The summed E-state index contributed by atoms with van der Waals surface area (Å²) in [5, 5.41) is 9.79. The maximum absolute atomic E-state index is 13.7. The number of alkyl halides is 3. The van der Waals surface area contributed by atoms with Gasteiger partial charge in [-0.05, 0) is 40.8 Å². The molecule has 1 aliphatic rings. The zero-order chi connectivity index (χ0) is 27.0. The van der Waals surface area contributed by atoms with Gasteiger partial charge in [0.15, 0.2) is 6.04 Å². The molecule has 38 heavy (non-hydrogen) atoms. The summed E-state index contributed by atoms with van der Waals surface area (Å²) >= 11 is 6.62. The standard InChI is InChI=1S/C29H22ClF3N2O3/c30-25-22(14-18-8-3-1-4-9-18)24(20-12-7-13-21(15-20)29(31,32)33)26-34(16-19-10-5-2-6-11-19)17-23(28(37)38)35(26)27(25)36/h1-13,15,23H,14,16-17H2,(H,37,38). The Morgan fingerprint density at radius 1 is 0.947 bits per heavy atom. The van der Waals surface area contributed by atoms with Crippen LogP contribution in [0.3, 0.4) is 0 Å². The third-order valence-corrected chi connectivity index (χ3v) is 7.02. The number of nitrogens with zero attached hydrogens (tertiary/aromatic N) is 2. The summed E-state index contributed by atoms with van der Waals surface area (Å²) in [6.07, 6.45) is -4.42. The Balaban J connectivity index is 1.82. The minimum Gasteiger partial charge on any atom is -0.480 e. The van der Waals surface area contributed by atoms with E-state index in [1.165, 1.54) is 12.1 Å². The van der Waals surface area contributed by atoms with Crippen molar-refractivity contribution < 1.29 is 23.1 Å². The number of fused-ring (bicyclic) bond motifs is 1. The van der Waals surface area contributed by atoms with E-state index in [-0.39, 0.29) is 35.9 Å². The van der Waals surface area contributed by atoms with Gasteiger partial charge in [-0.25, -0.2) is 4.79 Å². The van der Waals surface area contributed by atoms with Crippen LogP contribution in [0.15, 0.2) is 89.7 Å². The molecule has 5 nitrogen and oxygen atoms in total. The van der Waals surface area contributed by atoms with Crippen molar-refractivity contribution in [2.75, 3.05) is 11.4 Å². The van der Waals surface area contributed by atoms with Gasteiger partial charge in [0, 0.05) is 12.1 Å². The highest BCUT2D eigenvalue weighted by molar-refractivity contribution is 6.31. The molecule has 0 aliphatic carbocycles. The van der Waals surface area contributed by atoms with Gasteiger partial charge < -0.3 is 10.0 Å². The van der Waals surface area contributed by atoms with Crippen LogP contribution in [0.25, 0.3) is 11.1 Å². The molecule has 1 atom stereocenters. The van der Waals surface area contributed by atoms with Crippen molar-refractivity contribution in [1.82, 2.24) is 4.57 Å². The Bertz CT molecular complexity index is 1550. The Kier molecular flexibility index (Phi) is 6.75. The summed E-state index contributed by atoms with van der Waals surface area (Å²) in [7, 11) is 0. The zero-order valence-electron chi connectivity index (χ0n) is 20.0. The molecule has 1 N–H and O–H groups in total. The third kappa shape index (κ3) is 4.79. The predicted molar refractivity (Wildman–Crippen MR) is 140 cm³/mol. The smallest absolute Gasteiger partial charge is 0.416 e. The highest BCUT2D eigenvalue weighted by atomic mass is 35.5. The number of hydrogen-bond donors (Lipinski definition) is 1. The molecular weight excluding hydrogens is 517 g/mol. The van der Waals surface area contributed by atoms with E-state index in [1.807, 2.05) is 60.7 Å². The number of aromatic nitrogens is 1. The molecule has 0 bridgehead atoms. The quantitative estimate of drug-likeness (QED) is 0.307. The second-order valence-corrected chi connectivity index (χ2v) is 9.51. The van der Waals surface area contributed by atoms with Crippen LogP contribution in [0.4, 0.5) is 19.0 Å². The first-order valence-corrected chi connectivity index (χ1v) is 12.2. The third-order valence-electron chi connectivity index (χ3n) is 6.63. The van der Waals surface area contributed by atoms with Crippen molar-refractivity contribution >= 4 is 23.4 Å². The molecule has 1 aromatic heterocycles. The molecule has 1 unspecified atom stereocenters. The van der Waals surface area contributed by atoms with E-state index < -0.39 is 29.3 Å². The van der Waals surface area contributed by atoms with Gasteiger partial charge >= 0.3 is 12.1 Å². The molecule has 0 amide bonds. The van der Waals surface area contributed by atoms with Crippen LogP contribution in [0.2, 0.25) is 5.02 Å². The number of carbonyl (C=O) groups is 1. The lowest BCUT2D eigenvalue weighted by atomic mass is 9.94. The number of halogens is 4. The largest absolute Gasteiger partial charge is 0.480 e. The minimum atomic E-state index is -4.60. The van der Waals surface area contributed by atoms with Crippen molar-refractivity contribution in [3.8, 4) is 11.1 Å². The maximum Gasteiger partial charge on any atom is 0.416 e. The van der Waals surface area contributed by atoms with E-state index in [0.717, 1.165) is 27.8 Å². The Morgan fingerprint density at radius 2 is 1.58 bits per heavy atom. The first-order chi connectivity index (χ1) is 18.1. The van der Waals surface area contributed by atoms with Crippen molar-refractivity contribution in [3.05, 3.63) is 123 Å². The lowest BCUT2D eigenvalue weighted by Crippen LogP contribution is -2.29. The van der Waals surface area contributed by atoms with Gasteiger partial charge in [0.25, 0.3) is 5.56 Å². The van der Waals surface area contributed by atoms with Crippen molar-refractivity contribution in [2.45, 2.75) is 25.2 Å². The fraction of sp³-hybridized carbons (Fsp3) is 0.172. The van der Waals surface area contributed by atoms with Crippen LogP contribution in [0.1, 0.15) is 28.3 Å². The lowest BCUT2D eigenvalue weighted by molar-refractivity contribution is -0.140. The van der Waals surface area contributed by atoms with Gasteiger partial charge in [0.05, 0.1) is 12.1 Å². The Labute approximate surface area is 221 Å². The summed E-state index contributed by atoms with van der Waals surface area (Å²) < 4.78 is 42.2. The van der Waals surface area contributed by atoms with Gasteiger partial charge in [0.1, 0.15) is 10.8 Å². The van der Waals surface area contributed by atoms with Gasteiger partial charge in [0.2, 0.25) is 0 Å². The van der Waals surface area contributed by atoms with E-state index >= 15 is 0 Å². The van der Waals surface area contributed by atoms with Crippen LogP contribution < -0.4 is 10.5 Å². The van der Waals surface area contributed by atoms with E-state index in [9.17, 15) is 27.9 Å². The van der Waals surface area contributed by atoms with Gasteiger partial charge in [-0.2, -0.15) is 13.2 Å². The first kappa shape index (κ1) is 25.6. The second-order valence-electron chi connectivity index (χ2n) is 9.13. The molecule has 0 saturated carbocycles. The second kappa shape index (κ2) is 10.0. The SMILES string of the molecule is O=C(O)C1CN(Cc2ccccc2)c2c(-c3cccc(C(F)(F)F)c3)c(Cc3ccccc3)c(Cl)c(=O)n21. The number of carboxylic acid groups (broad SMARTS) is 1. The fourth-order valence-electron chi connectivity index (χ4n) is 4.92. The highest BCUT2D eigenvalue weighted by Gasteiger charge is 2.39. The summed E-state index contributed by atoms with van der Waals surface area (Å²) in [6, 6.07) is 21.9. The number of anilines is 1. The van der Waals surface area contributed by atoms with Crippen LogP contribution in [-0.2, 0) is 23.9 Å². The average Bonchev–Trinajstić information content (AvgIpc) is 3.27. The molecule has 0 fully saturated rings. The summed E-state index contributed by atoms with van der Waals surface area (Å²) in [4.78, 5) is 27.5. The number of benzene rings is 3. The number of carboxylic acids is 1. The monoisotopic (exact) mass is 538 g/mol. The lowest BCUT2D eigenvalue weighted by Gasteiger charge is -2.25. The Hall–Kier alpha value is -4.04. The Morgan fingerprint density at radius 3 is 2.18 bits per heavy atom. The van der Waals surface area contributed by atoms with Crippen molar-refractivity contribution in [1.29, 1.82) is 0 Å². The van der Waals surface area contributed by atoms with Crippen LogP contribution in [-0.4, -0.2) is 22.2 Å². The zero-order valence-corrected chi connectivity index (χ0v) is 20.7. The predicted octanol–water partition coefficient (Wildman–Crippen LogP) is 6.42. The molecule has 3 aromatic carbocycles. The molecule has 194 valence electrons. The molecule has 2 heterocycles. The van der Waals surface area contributed by atoms with Crippen LogP contribution in [0, 0.1) is 0 Å². The van der Waals surface area contributed by atoms with Gasteiger partial charge in [-0.3, -0.25) is 9.36 Å². The molecule has 0 radical (unpaired) electrons. The summed E-state index contributed by atoms with van der Waals surface area (Å²) in [5.41, 5.74) is 0.958. The van der Waals surface area contributed by atoms with Crippen LogP contribution in [0.5, 0.6) is 0 Å². The van der Waals surface area contributed by atoms with Crippen molar-refractivity contribution in [3.63, 3.8) is 0 Å².